The van der Waals surface area contributed by atoms with Crippen molar-refractivity contribution in [1.29, 1.82) is 0 Å². The molecule has 0 spiro atoms. The second kappa shape index (κ2) is 3.74. The number of hydrogen-bond acceptors (Lipinski definition) is 1. The van der Waals surface area contributed by atoms with Crippen LogP contribution in [0.25, 0.3) is 0 Å². The van der Waals surface area contributed by atoms with Gasteiger partial charge in [-0.2, -0.15) is 0 Å². The van der Waals surface area contributed by atoms with E-state index in [0.29, 0.717) is 15.6 Å². The lowest BCUT2D eigenvalue weighted by atomic mass is 10.1. The van der Waals surface area contributed by atoms with E-state index in [0.717, 1.165) is 0 Å². The van der Waals surface area contributed by atoms with Gasteiger partial charge in [0.1, 0.15) is 0 Å². The quantitative estimate of drug-likeness (QED) is 0.529. The molecule has 0 unspecified atom stereocenters. The maximum Gasteiger partial charge on any atom is 0.185 e. The highest BCUT2D eigenvalue weighted by Gasteiger charge is 2.03. The lowest BCUT2D eigenvalue weighted by Crippen LogP contribution is -1.92. The van der Waals surface area contributed by atoms with Gasteiger partial charge in [-0.1, -0.05) is 29.8 Å². The van der Waals surface area contributed by atoms with Crippen LogP contribution >= 0.6 is 23.2 Å². The SMILES string of the molecule is C=CC(=O)c1cc(Cl)cc(Cl)c1. The second-order valence-corrected chi connectivity index (χ2v) is 3.10. The number of ketones is 1. The Balaban J connectivity index is 3.17. The molecule has 3 heteroatoms. The third-order valence-electron chi connectivity index (χ3n) is 1.33. The van der Waals surface area contributed by atoms with E-state index in [1.54, 1.807) is 18.2 Å². The normalized spacial score (nSPS) is 9.50. The first-order valence-electron chi connectivity index (χ1n) is 3.26. The van der Waals surface area contributed by atoms with Gasteiger partial charge < -0.3 is 0 Å². The first-order valence-corrected chi connectivity index (χ1v) is 4.02. The molecule has 0 N–H and O–H groups in total. The molecule has 1 nitrogen and oxygen atoms in total. The van der Waals surface area contributed by atoms with Crippen molar-refractivity contribution in [2.24, 2.45) is 0 Å². The molecule has 0 aliphatic heterocycles. The molecule has 12 heavy (non-hydrogen) atoms. The van der Waals surface area contributed by atoms with Gasteiger partial charge in [0.2, 0.25) is 0 Å². The monoisotopic (exact) mass is 200 g/mol. The van der Waals surface area contributed by atoms with Gasteiger partial charge in [0.25, 0.3) is 0 Å². The van der Waals surface area contributed by atoms with Gasteiger partial charge in [-0.05, 0) is 24.3 Å². The van der Waals surface area contributed by atoms with Crippen molar-refractivity contribution in [3.05, 3.63) is 46.5 Å². The molecule has 0 radical (unpaired) electrons. The van der Waals surface area contributed by atoms with E-state index < -0.39 is 0 Å². The van der Waals surface area contributed by atoms with Crippen molar-refractivity contribution < 1.29 is 4.79 Å². The number of rotatable bonds is 2. The molecule has 1 aromatic carbocycles. The number of allylic oxidation sites excluding steroid dienone is 1. The Bertz CT molecular complexity index is 311. The van der Waals surface area contributed by atoms with Crippen LogP contribution in [0.15, 0.2) is 30.9 Å². The minimum atomic E-state index is -0.181. The molecule has 0 fully saturated rings. The van der Waals surface area contributed by atoms with Crippen molar-refractivity contribution >= 4 is 29.0 Å². The van der Waals surface area contributed by atoms with E-state index in [4.69, 9.17) is 23.2 Å². The van der Waals surface area contributed by atoms with Crippen LogP contribution in [-0.2, 0) is 0 Å². The van der Waals surface area contributed by atoms with Crippen LogP contribution in [0.3, 0.4) is 0 Å². The summed E-state index contributed by atoms with van der Waals surface area (Å²) in [5.41, 5.74) is 0.461. The fourth-order valence-electron chi connectivity index (χ4n) is 0.814. The zero-order valence-electron chi connectivity index (χ0n) is 6.18. The smallest absolute Gasteiger partial charge is 0.185 e. The number of hydrogen-bond donors (Lipinski definition) is 0. The maximum absolute atomic E-state index is 11.1. The predicted molar refractivity (Wildman–Crippen MR) is 51.0 cm³/mol. The number of halogens is 2. The number of benzene rings is 1. The molecule has 0 aromatic heterocycles. The lowest BCUT2D eigenvalue weighted by Gasteiger charge is -1.97. The Morgan fingerprint density at radius 1 is 1.25 bits per heavy atom. The topological polar surface area (TPSA) is 17.1 Å². The molecule has 0 saturated carbocycles. The van der Waals surface area contributed by atoms with Crippen LogP contribution in [0.5, 0.6) is 0 Å². The molecule has 1 aromatic rings. The van der Waals surface area contributed by atoms with Gasteiger partial charge in [0.15, 0.2) is 5.78 Å². The van der Waals surface area contributed by atoms with Crippen LogP contribution < -0.4 is 0 Å². The zero-order chi connectivity index (χ0) is 9.14. The van der Waals surface area contributed by atoms with Gasteiger partial charge >= 0.3 is 0 Å². The Labute approximate surface area is 80.6 Å². The summed E-state index contributed by atoms with van der Waals surface area (Å²) in [4.78, 5) is 11.1. The molecule has 0 saturated heterocycles. The second-order valence-electron chi connectivity index (χ2n) is 2.23. The molecule has 62 valence electrons. The molecule has 0 aliphatic rings. The zero-order valence-corrected chi connectivity index (χ0v) is 7.69. The molecule has 0 amide bonds. The predicted octanol–water partition coefficient (Wildman–Crippen LogP) is 3.36. The van der Waals surface area contributed by atoms with Gasteiger partial charge in [-0.25, -0.2) is 0 Å². The summed E-state index contributed by atoms with van der Waals surface area (Å²) in [6.45, 7) is 3.36. The third kappa shape index (κ3) is 2.10. The Hall–Kier alpha value is -0.790. The van der Waals surface area contributed by atoms with E-state index in [-0.39, 0.29) is 5.78 Å². The van der Waals surface area contributed by atoms with Crippen LogP contribution in [-0.4, -0.2) is 5.78 Å². The summed E-state index contributed by atoms with van der Waals surface area (Å²) >= 11 is 11.4. The Kier molecular flexibility index (Phi) is 2.90. The first kappa shape index (κ1) is 9.30. The van der Waals surface area contributed by atoms with Crippen LogP contribution in [0, 0.1) is 0 Å². The van der Waals surface area contributed by atoms with Crippen molar-refractivity contribution in [3.8, 4) is 0 Å². The molecule has 0 heterocycles. The highest BCUT2D eigenvalue weighted by Crippen LogP contribution is 2.19. The van der Waals surface area contributed by atoms with E-state index in [1.807, 2.05) is 0 Å². The summed E-state index contributed by atoms with van der Waals surface area (Å²) in [7, 11) is 0. The average Bonchev–Trinajstić information content (AvgIpc) is 2.01. The fraction of sp³-hybridized carbons (Fsp3) is 0. The standard InChI is InChI=1S/C9H6Cl2O/c1-2-9(12)6-3-7(10)5-8(11)4-6/h2-5H,1H2. The largest absolute Gasteiger partial charge is 0.289 e. The summed E-state index contributed by atoms with van der Waals surface area (Å²) in [6.07, 6.45) is 1.22. The maximum atomic E-state index is 11.1. The van der Waals surface area contributed by atoms with Gasteiger partial charge in [-0.3, -0.25) is 4.79 Å². The molecular weight excluding hydrogens is 195 g/mol. The molecular formula is C9H6Cl2O. The van der Waals surface area contributed by atoms with Crippen LogP contribution in [0.4, 0.5) is 0 Å². The van der Waals surface area contributed by atoms with Crippen molar-refractivity contribution in [2.75, 3.05) is 0 Å². The Morgan fingerprint density at radius 3 is 2.17 bits per heavy atom. The number of carbonyl (C=O) groups is 1. The summed E-state index contributed by atoms with van der Waals surface area (Å²) in [5, 5.41) is 0.903. The van der Waals surface area contributed by atoms with Crippen LogP contribution in [0.1, 0.15) is 10.4 Å². The van der Waals surface area contributed by atoms with Crippen molar-refractivity contribution in [3.63, 3.8) is 0 Å². The fourth-order valence-corrected chi connectivity index (χ4v) is 1.34. The Morgan fingerprint density at radius 2 is 1.75 bits per heavy atom. The van der Waals surface area contributed by atoms with Crippen molar-refractivity contribution in [1.82, 2.24) is 0 Å². The summed E-state index contributed by atoms with van der Waals surface area (Å²) in [5.74, 6) is -0.181. The average molecular weight is 201 g/mol. The number of carbonyl (C=O) groups excluding carboxylic acids is 1. The molecule has 0 aliphatic carbocycles. The minimum absolute atomic E-state index is 0.181. The molecule has 0 bridgehead atoms. The van der Waals surface area contributed by atoms with Gasteiger partial charge in [0.05, 0.1) is 0 Å². The van der Waals surface area contributed by atoms with E-state index in [2.05, 4.69) is 6.58 Å². The van der Waals surface area contributed by atoms with E-state index in [1.165, 1.54) is 6.08 Å². The summed E-state index contributed by atoms with van der Waals surface area (Å²) < 4.78 is 0. The highest BCUT2D eigenvalue weighted by atomic mass is 35.5. The highest BCUT2D eigenvalue weighted by molar-refractivity contribution is 6.35. The first-order chi connectivity index (χ1) is 5.63. The van der Waals surface area contributed by atoms with E-state index >= 15 is 0 Å². The molecule has 1 rings (SSSR count). The van der Waals surface area contributed by atoms with Crippen molar-refractivity contribution in [2.45, 2.75) is 0 Å². The van der Waals surface area contributed by atoms with Gasteiger partial charge in [-0.15, -0.1) is 0 Å². The summed E-state index contributed by atoms with van der Waals surface area (Å²) in [6, 6.07) is 4.68. The van der Waals surface area contributed by atoms with Crippen LogP contribution in [0.2, 0.25) is 10.0 Å². The lowest BCUT2D eigenvalue weighted by molar-refractivity contribution is 0.104. The molecule has 0 atom stereocenters. The van der Waals surface area contributed by atoms with Gasteiger partial charge in [0, 0.05) is 15.6 Å². The third-order valence-corrected chi connectivity index (χ3v) is 1.77. The van der Waals surface area contributed by atoms with E-state index in [9.17, 15) is 4.79 Å². The minimum Gasteiger partial charge on any atom is -0.289 e.